The minimum absolute atomic E-state index is 0.0131. The quantitative estimate of drug-likeness (QED) is 0.0917. The zero-order valence-electron chi connectivity index (χ0n) is 46.2. The van der Waals surface area contributed by atoms with Gasteiger partial charge >= 0.3 is 11.8 Å². The van der Waals surface area contributed by atoms with Crippen LogP contribution in [-0.4, -0.2) is 130 Å². The molecule has 0 saturated carbocycles. The Labute approximate surface area is 460 Å². The molecule has 0 bridgehead atoms. The number of nitrogens with one attached hydrogen (secondary N) is 3. The van der Waals surface area contributed by atoms with Crippen LogP contribution in [0.25, 0.3) is 21.8 Å². The number of alkyl halides is 2. The van der Waals surface area contributed by atoms with Gasteiger partial charge in [0.15, 0.2) is 0 Å². The Balaban J connectivity index is 0.676. The summed E-state index contributed by atoms with van der Waals surface area (Å²) in [6.07, 6.45) is 5.20. The highest BCUT2D eigenvalue weighted by atomic mass is 19.3. The summed E-state index contributed by atoms with van der Waals surface area (Å²) < 4.78 is 38.7. The Morgan fingerprint density at radius 1 is 0.835 bits per heavy atom. The second-order valence-electron chi connectivity index (χ2n) is 23.5. The van der Waals surface area contributed by atoms with E-state index < -0.39 is 42.2 Å². The molecule has 0 radical (unpaired) electrons. The molecular formula is C61H73F2N9O7. The molecule has 0 aliphatic carbocycles. The van der Waals surface area contributed by atoms with Gasteiger partial charge in [-0.05, 0) is 157 Å². The van der Waals surface area contributed by atoms with Gasteiger partial charge in [0.05, 0.1) is 30.2 Å². The van der Waals surface area contributed by atoms with E-state index in [1.54, 1.807) is 57.5 Å². The highest BCUT2D eigenvalue weighted by Crippen LogP contribution is 2.35. The van der Waals surface area contributed by atoms with Crippen molar-refractivity contribution in [1.29, 1.82) is 0 Å². The van der Waals surface area contributed by atoms with Crippen molar-refractivity contribution in [1.82, 2.24) is 34.5 Å². The summed E-state index contributed by atoms with van der Waals surface area (Å²) >= 11 is 0. The summed E-state index contributed by atoms with van der Waals surface area (Å²) in [6, 6.07) is 20.5. The highest BCUT2D eigenvalue weighted by Gasteiger charge is 2.51. The number of fused-ring (bicyclic) bond motifs is 2. The topological polar surface area (TPSA) is 171 Å². The SMILES string of the molecule is Cc1ccc(N[C@H]2CN(C(=O)OC(C)(C)C)CC2(F)F)cc1C(=O)N[C@H](C)c1ccc(C#CC2CCN(CC3CCN(C(=O)C4CCN(c5ccc6c(c5)n(C)c(=O)n6C5CCC(=O)NC5=O)CC4)CC3)CC2)c2ccccc12. The van der Waals surface area contributed by atoms with Crippen molar-refractivity contribution >= 4 is 62.9 Å². The molecule has 3 atom stereocenters. The molecule has 79 heavy (non-hydrogen) atoms. The lowest BCUT2D eigenvalue weighted by Gasteiger charge is -2.39. The van der Waals surface area contributed by atoms with Gasteiger partial charge in [-0.3, -0.25) is 38.5 Å². The minimum atomic E-state index is -3.21. The van der Waals surface area contributed by atoms with Gasteiger partial charge in [-0.25, -0.2) is 18.4 Å². The van der Waals surface area contributed by atoms with Crippen molar-refractivity contribution in [2.24, 2.45) is 24.8 Å². The van der Waals surface area contributed by atoms with E-state index in [-0.39, 0.29) is 60.7 Å². The predicted octanol–water partition coefficient (Wildman–Crippen LogP) is 8.16. The van der Waals surface area contributed by atoms with E-state index in [0.29, 0.717) is 28.2 Å². The van der Waals surface area contributed by atoms with Gasteiger partial charge in [-0.2, -0.15) is 0 Å². The molecule has 5 aliphatic heterocycles. The van der Waals surface area contributed by atoms with Crippen molar-refractivity contribution < 1.29 is 37.5 Å². The van der Waals surface area contributed by atoms with Crippen molar-refractivity contribution in [3.05, 3.63) is 106 Å². The second-order valence-corrected chi connectivity index (χ2v) is 23.5. The first-order valence-corrected chi connectivity index (χ1v) is 28.1. The number of nitrogens with zero attached hydrogens (tertiary/aromatic N) is 6. The summed E-state index contributed by atoms with van der Waals surface area (Å²) in [5.41, 5.74) is 4.53. The third-order valence-electron chi connectivity index (χ3n) is 16.8. The van der Waals surface area contributed by atoms with Crippen LogP contribution in [0.1, 0.15) is 118 Å². The minimum Gasteiger partial charge on any atom is -0.444 e. The van der Waals surface area contributed by atoms with Crippen LogP contribution in [0, 0.1) is 36.5 Å². The summed E-state index contributed by atoms with van der Waals surface area (Å²) in [7, 11) is 1.70. The summed E-state index contributed by atoms with van der Waals surface area (Å²) in [5.74, 6) is 3.87. The fraction of sp³-hybridized carbons (Fsp3) is 0.508. The van der Waals surface area contributed by atoms with Crippen LogP contribution in [0.3, 0.4) is 0 Å². The first-order valence-electron chi connectivity index (χ1n) is 28.1. The standard InChI is InChI=1S/C61H73F2N9O7/c1-38-11-15-44(65-53-36-71(37-61(53,62)63)59(78)79-60(3,4)5)33-49(38)55(74)64-39(2)46-17-14-42(47-9-7-8-10-48(46)47)13-12-40-21-27-68(28-22-40)35-41-23-29-70(30-24-41)57(76)43-25-31-69(32-26-43)45-16-18-50-52(34-45)67(6)58(77)72(50)51-19-20-54(73)66-56(51)75/h7-11,14-18,33-34,39-41,43,51,53,65H,19-32,35-37H2,1-6H3,(H,64,74)(H,66,73,75)/t39-,51?,53+/m1/s1. The Morgan fingerprint density at radius 3 is 2.27 bits per heavy atom. The molecule has 0 spiro atoms. The predicted molar refractivity (Wildman–Crippen MR) is 300 cm³/mol. The van der Waals surface area contributed by atoms with E-state index >= 15 is 8.78 Å². The lowest BCUT2D eigenvalue weighted by Crippen LogP contribution is -2.47. The lowest BCUT2D eigenvalue weighted by atomic mass is 9.90. The number of amides is 5. The van der Waals surface area contributed by atoms with Gasteiger partial charge in [0.1, 0.15) is 17.7 Å². The van der Waals surface area contributed by atoms with Crippen molar-refractivity contribution in [2.75, 3.05) is 69.1 Å². The summed E-state index contributed by atoms with van der Waals surface area (Å²) in [4.78, 5) is 85.9. The van der Waals surface area contributed by atoms with Gasteiger partial charge in [-0.1, -0.05) is 48.2 Å². The molecule has 10 rings (SSSR count). The van der Waals surface area contributed by atoms with E-state index in [2.05, 4.69) is 48.6 Å². The monoisotopic (exact) mass is 1080 g/mol. The molecular weight excluding hydrogens is 1010 g/mol. The van der Waals surface area contributed by atoms with Crippen LogP contribution in [0.2, 0.25) is 0 Å². The molecule has 5 aliphatic rings. The fourth-order valence-electron chi connectivity index (χ4n) is 12.3. The number of aromatic nitrogens is 2. The van der Waals surface area contributed by atoms with Crippen molar-refractivity contribution in [3.8, 4) is 11.8 Å². The van der Waals surface area contributed by atoms with Crippen LogP contribution in [0.4, 0.5) is 25.0 Å². The Hall–Kier alpha value is -7.26. The van der Waals surface area contributed by atoms with Gasteiger partial charge in [0.25, 0.3) is 11.8 Å². The van der Waals surface area contributed by atoms with Crippen LogP contribution in [0.5, 0.6) is 0 Å². The van der Waals surface area contributed by atoms with E-state index in [9.17, 15) is 28.8 Å². The molecule has 5 amide bonds. The molecule has 6 heterocycles. The van der Waals surface area contributed by atoms with Crippen LogP contribution >= 0.6 is 0 Å². The van der Waals surface area contributed by atoms with E-state index in [4.69, 9.17) is 4.74 Å². The number of halogens is 2. The number of ether oxygens (including phenoxy) is 1. The molecule has 16 nitrogen and oxygen atoms in total. The number of carbonyl (C=O) groups excluding carboxylic acids is 5. The number of rotatable bonds is 10. The molecule has 1 unspecified atom stereocenters. The van der Waals surface area contributed by atoms with Gasteiger partial charge < -0.3 is 30.1 Å². The largest absolute Gasteiger partial charge is 0.444 e. The average molecular weight is 1080 g/mol. The molecule has 5 aromatic rings. The number of carbonyl (C=O) groups is 5. The number of imide groups is 1. The lowest BCUT2D eigenvalue weighted by molar-refractivity contribution is -0.138. The molecule has 18 heteroatoms. The third kappa shape index (κ3) is 12.0. The maximum Gasteiger partial charge on any atom is 0.410 e. The zero-order chi connectivity index (χ0) is 55.9. The Kier molecular flexibility index (Phi) is 15.7. The molecule has 5 fully saturated rings. The smallest absolute Gasteiger partial charge is 0.410 e. The van der Waals surface area contributed by atoms with Crippen LogP contribution in [-0.2, 0) is 26.2 Å². The number of likely N-dealkylation sites (tertiary alicyclic amines) is 3. The maximum atomic E-state index is 15.2. The Morgan fingerprint density at radius 2 is 1.56 bits per heavy atom. The number of hydrogen-bond donors (Lipinski definition) is 3. The summed E-state index contributed by atoms with van der Waals surface area (Å²) in [6.45, 7) is 13.8. The van der Waals surface area contributed by atoms with Gasteiger partial charge in [0.2, 0.25) is 17.7 Å². The number of imidazole rings is 1. The maximum absolute atomic E-state index is 15.2. The normalized spacial score (nSPS) is 21.2. The van der Waals surface area contributed by atoms with Crippen LogP contribution in [0.15, 0.2) is 77.6 Å². The molecule has 5 saturated heterocycles. The van der Waals surface area contributed by atoms with Crippen molar-refractivity contribution in [3.63, 3.8) is 0 Å². The van der Waals surface area contributed by atoms with E-state index in [1.165, 1.54) is 4.57 Å². The van der Waals surface area contributed by atoms with Gasteiger partial charge in [0, 0.05) is 80.5 Å². The Bertz CT molecular complexity index is 3290. The fourth-order valence-corrected chi connectivity index (χ4v) is 12.3. The van der Waals surface area contributed by atoms with Crippen LogP contribution < -0.4 is 26.5 Å². The third-order valence-corrected chi connectivity index (χ3v) is 16.8. The number of anilines is 2. The number of piperidine rings is 4. The first kappa shape index (κ1) is 55.1. The molecule has 3 N–H and O–H groups in total. The number of aryl methyl sites for hydroxylation is 2. The molecule has 1 aromatic heterocycles. The van der Waals surface area contributed by atoms with E-state index in [0.717, 1.165) is 122 Å². The van der Waals surface area contributed by atoms with Gasteiger partial charge in [-0.15, -0.1) is 0 Å². The zero-order valence-corrected chi connectivity index (χ0v) is 46.2. The van der Waals surface area contributed by atoms with Crippen molar-refractivity contribution in [2.45, 2.75) is 116 Å². The number of hydrogen-bond acceptors (Lipinski definition) is 10. The number of benzene rings is 4. The first-order chi connectivity index (χ1) is 37.7. The second kappa shape index (κ2) is 22.5. The summed E-state index contributed by atoms with van der Waals surface area (Å²) in [5, 5.41) is 10.4. The highest BCUT2D eigenvalue weighted by molar-refractivity contribution is 6.00. The van der Waals surface area contributed by atoms with E-state index in [1.807, 2.05) is 55.5 Å². The molecule has 4 aromatic carbocycles. The molecule has 418 valence electrons. The average Bonchev–Trinajstić information content (AvgIpc) is 4.13.